The van der Waals surface area contributed by atoms with Crippen molar-refractivity contribution in [2.45, 2.75) is 6.10 Å². The Morgan fingerprint density at radius 3 is 2.62 bits per heavy atom. The quantitative estimate of drug-likeness (QED) is 0.414. The lowest BCUT2D eigenvalue weighted by Gasteiger charge is -2.09. The van der Waals surface area contributed by atoms with Crippen molar-refractivity contribution < 1.29 is 9.94 Å². The zero-order valence-electron chi connectivity index (χ0n) is 4.92. The summed E-state index contributed by atoms with van der Waals surface area (Å²) in [7, 11) is 1.55. The van der Waals surface area contributed by atoms with Gasteiger partial charge in [-0.15, -0.1) is 0 Å². The molecule has 0 amide bonds. The van der Waals surface area contributed by atoms with Gasteiger partial charge in [-0.3, -0.25) is 0 Å². The van der Waals surface area contributed by atoms with Crippen LogP contribution in [-0.2, 0) is 4.74 Å². The van der Waals surface area contributed by atoms with Crippen molar-refractivity contribution in [3.63, 3.8) is 0 Å². The minimum absolute atomic E-state index is 0.0833. The Kier molecular flexibility index (Phi) is 4.89. The third kappa shape index (κ3) is 2.92. The fourth-order valence-electron chi connectivity index (χ4n) is 0.365. The van der Waals surface area contributed by atoms with Crippen LogP contribution in [0, 0.1) is 0 Å². The molecule has 0 fully saturated rings. The van der Waals surface area contributed by atoms with E-state index in [1.165, 1.54) is 0 Å². The fourth-order valence-corrected chi connectivity index (χ4v) is 0.365. The number of hydrogen-bond acceptors (Lipinski definition) is 4. The number of rotatable bonds is 4. The molecule has 4 heteroatoms. The van der Waals surface area contributed by atoms with Crippen molar-refractivity contribution in [2.75, 3.05) is 20.2 Å². The number of methoxy groups -OCH3 is 1. The van der Waals surface area contributed by atoms with Crippen LogP contribution in [0.25, 0.3) is 0 Å². The average molecular weight is 120 g/mol. The molecular formula is C4H12N2O2. The van der Waals surface area contributed by atoms with E-state index in [0.717, 1.165) is 0 Å². The van der Waals surface area contributed by atoms with E-state index in [0.29, 0.717) is 13.1 Å². The van der Waals surface area contributed by atoms with Gasteiger partial charge in [0.2, 0.25) is 0 Å². The zero-order valence-corrected chi connectivity index (χ0v) is 4.92. The number of nitrogens with two attached hydrogens (primary N) is 1. The number of nitrogens with one attached hydrogen (secondary N) is 1. The predicted molar refractivity (Wildman–Crippen MR) is 29.6 cm³/mol. The summed E-state index contributed by atoms with van der Waals surface area (Å²) in [5.74, 6) is 0. The summed E-state index contributed by atoms with van der Waals surface area (Å²) < 4.78 is 4.79. The first-order valence-corrected chi connectivity index (χ1v) is 2.45. The highest BCUT2D eigenvalue weighted by Gasteiger charge is 2.00. The Labute approximate surface area is 48.6 Å². The van der Waals surface area contributed by atoms with E-state index in [-0.39, 0.29) is 6.10 Å². The maximum atomic E-state index is 8.11. The van der Waals surface area contributed by atoms with Gasteiger partial charge in [-0.05, 0) is 0 Å². The third-order valence-corrected chi connectivity index (χ3v) is 0.915. The Morgan fingerprint density at radius 2 is 2.50 bits per heavy atom. The lowest BCUT2D eigenvalue weighted by molar-refractivity contribution is 0.0615. The number of hydrogen-bond donors (Lipinski definition) is 3. The fraction of sp³-hybridized carbons (Fsp3) is 1.00. The van der Waals surface area contributed by atoms with Gasteiger partial charge in [0.15, 0.2) is 0 Å². The van der Waals surface area contributed by atoms with E-state index in [9.17, 15) is 0 Å². The van der Waals surface area contributed by atoms with Crippen molar-refractivity contribution in [1.82, 2.24) is 5.48 Å². The van der Waals surface area contributed by atoms with Gasteiger partial charge in [-0.1, -0.05) is 0 Å². The smallest absolute Gasteiger partial charge is 0.0840 e. The van der Waals surface area contributed by atoms with E-state index in [1.807, 2.05) is 5.48 Å². The average Bonchev–Trinajstić information content (AvgIpc) is 1.83. The molecule has 0 aromatic carbocycles. The maximum Gasteiger partial charge on any atom is 0.0840 e. The van der Waals surface area contributed by atoms with Gasteiger partial charge in [-0.2, -0.15) is 0 Å². The van der Waals surface area contributed by atoms with Crippen LogP contribution in [-0.4, -0.2) is 31.5 Å². The first-order chi connectivity index (χ1) is 3.85. The molecule has 4 nitrogen and oxygen atoms in total. The molecule has 8 heavy (non-hydrogen) atoms. The van der Waals surface area contributed by atoms with Crippen LogP contribution in [0.15, 0.2) is 0 Å². The molecule has 0 aliphatic rings. The first kappa shape index (κ1) is 7.84. The Balaban J connectivity index is 3.07. The second-order valence-electron chi connectivity index (χ2n) is 1.46. The van der Waals surface area contributed by atoms with Gasteiger partial charge < -0.3 is 15.7 Å². The normalized spacial score (nSPS) is 13.9. The molecule has 0 aromatic heterocycles. The molecule has 0 aliphatic heterocycles. The zero-order chi connectivity index (χ0) is 6.41. The molecule has 0 rings (SSSR count). The topological polar surface area (TPSA) is 67.5 Å². The summed E-state index contributed by atoms with van der Waals surface area (Å²) in [6.45, 7) is 0.803. The van der Waals surface area contributed by atoms with Crippen LogP contribution in [0.3, 0.4) is 0 Å². The maximum absolute atomic E-state index is 8.11. The standard InChI is InChI=1S/C4H12N2O2/c1-8-4(2-5)3-6-7/h4,6-7H,2-3,5H2,1H3. The molecule has 0 saturated heterocycles. The van der Waals surface area contributed by atoms with Crippen molar-refractivity contribution in [3.8, 4) is 0 Å². The summed E-state index contributed by atoms with van der Waals surface area (Å²) in [6, 6.07) is 0. The van der Waals surface area contributed by atoms with E-state index in [2.05, 4.69) is 0 Å². The summed E-state index contributed by atoms with van der Waals surface area (Å²) in [5.41, 5.74) is 7.16. The summed E-state index contributed by atoms with van der Waals surface area (Å²) in [5, 5.41) is 8.11. The summed E-state index contributed by atoms with van der Waals surface area (Å²) >= 11 is 0. The van der Waals surface area contributed by atoms with Gasteiger partial charge in [0.1, 0.15) is 0 Å². The minimum Gasteiger partial charge on any atom is -0.379 e. The van der Waals surface area contributed by atoms with Crippen LogP contribution in [0.2, 0.25) is 0 Å². The van der Waals surface area contributed by atoms with Gasteiger partial charge in [0.25, 0.3) is 0 Å². The van der Waals surface area contributed by atoms with E-state index >= 15 is 0 Å². The second-order valence-corrected chi connectivity index (χ2v) is 1.46. The Morgan fingerprint density at radius 1 is 1.88 bits per heavy atom. The molecular weight excluding hydrogens is 108 g/mol. The third-order valence-electron chi connectivity index (χ3n) is 0.915. The highest BCUT2D eigenvalue weighted by molar-refractivity contribution is 4.56. The minimum atomic E-state index is -0.0833. The molecule has 0 spiro atoms. The molecule has 1 atom stereocenters. The monoisotopic (exact) mass is 120 g/mol. The largest absolute Gasteiger partial charge is 0.379 e. The van der Waals surface area contributed by atoms with Crippen LogP contribution < -0.4 is 11.2 Å². The summed E-state index contributed by atoms with van der Waals surface area (Å²) in [4.78, 5) is 0. The van der Waals surface area contributed by atoms with Gasteiger partial charge in [-0.25, -0.2) is 5.48 Å². The molecule has 0 radical (unpaired) electrons. The lowest BCUT2D eigenvalue weighted by Crippen LogP contribution is -2.32. The molecule has 1 unspecified atom stereocenters. The molecule has 0 aliphatic carbocycles. The molecule has 4 N–H and O–H groups in total. The lowest BCUT2D eigenvalue weighted by atomic mass is 10.4. The van der Waals surface area contributed by atoms with Crippen LogP contribution in [0.1, 0.15) is 0 Å². The van der Waals surface area contributed by atoms with E-state index in [4.69, 9.17) is 15.7 Å². The van der Waals surface area contributed by atoms with Gasteiger partial charge in [0.05, 0.1) is 6.10 Å². The van der Waals surface area contributed by atoms with E-state index < -0.39 is 0 Å². The molecule has 0 heterocycles. The first-order valence-electron chi connectivity index (χ1n) is 2.45. The van der Waals surface area contributed by atoms with Crippen LogP contribution >= 0.6 is 0 Å². The highest BCUT2D eigenvalue weighted by atomic mass is 16.5. The van der Waals surface area contributed by atoms with Crippen molar-refractivity contribution >= 4 is 0 Å². The van der Waals surface area contributed by atoms with Crippen LogP contribution in [0.5, 0.6) is 0 Å². The Hall–Kier alpha value is -0.160. The molecule has 50 valence electrons. The van der Waals surface area contributed by atoms with Gasteiger partial charge in [0, 0.05) is 20.2 Å². The number of ether oxygens (including phenoxy) is 1. The second kappa shape index (κ2) is 4.99. The Bertz CT molecular complexity index is 47.3. The number of hydroxylamine groups is 1. The molecule has 0 bridgehead atoms. The van der Waals surface area contributed by atoms with Gasteiger partial charge >= 0.3 is 0 Å². The van der Waals surface area contributed by atoms with Crippen molar-refractivity contribution in [3.05, 3.63) is 0 Å². The van der Waals surface area contributed by atoms with Crippen molar-refractivity contribution in [2.24, 2.45) is 5.73 Å². The summed E-state index contributed by atoms with van der Waals surface area (Å²) in [6.07, 6.45) is -0.0833. The molecule has 0 saturated carbocycles. The van der Waals surface area contributed by atoms with Crippen molar-refractivity contribution in [1.29, 1.82) is 0 Å². The van der Waals surface area contributed by atoms with Crippen LogP contribution in [0.4, 0.5) is 0 Å². The van der Waals surface area contributed by atoms with E-state index in [1.54, 1.807) is 7.11 Å². The highest BCUT2D eigenvalue weighted by Crippen LogP contribution is 1.80. The SMILES string of the molecule is COC(CN)CNO. The predicted octanol–water partition coefficient (Wildman–Crippen LogP) is -1.06. The molecule has 0 aromatic rings.